The van der Waals surface area contributed by atoms with E-state index in [0.717, 1.165) is 23.4 Å². The summed E-state index contributed by atoms with van der Waals surface area (Å²) in [7, 11) is 2.04. The van der Waals surface area contributed by atoms with Crippen LogP contribution in [0, 0.1) is 11.8 Å². The predicted octanol–water partition coefficient (Wildman–Crippen LogP) is 3.13. The lowest BCUT2D eigenvalue weighted by Gasteiger charge is -2.36. The second-order valence-corrected chi connectivity index (χ2v) is 4.93. The summed E-state index contributed by atoms with van der Waals surface area (Å²) in [6.07, 6.45) is 3.94. The van der Waals surface area contributed by atoms with Gasteiger partial charge in [-0.2, -0.15) is 0 Å². The van der Waals surface area contributed by atoms with Gasteiger partial charge in [-0.25, -0.2) is 0 Å². The van der Waals surface area contributed by atoms with Gasteiger partial charge in [-0.3, -0.25) is 0 Å². The zero-order chi connectivity index (χ0) is 10.7. The Kier molecular flexibility index (Phi) is 3.66. The number of hydrogen-bond donors (Lipinski definition) is 1. The summed E-state index contributed by atoms with van der Waals surface area (Å²) in [4.78, 5) is 0. The predicted molar refractivity (Wildman–Crippen MR) is 65.3 cm³/mol. The molecule has 1 aromatic rings. The Morgan fingerprint density at radius 2 is 2.13 bits per heavy atom. The molecule has 0 bridgehead atoms. The minimum absolute atomic E-state index is 0.857. The van der Waals surface area contributed by atoms with Crippen LogP contribution in [-0.2, 0) is 6.42 Å². The first-order valence-electron chi connectivity index (χ1n) is 5.68. The van der Waals surface area contributed by atoms with Crippen molar-refractivity contribution in [2.75, 3.05) is 13.6 Å². The standard InChI is InChI=1S/C13H18ClN/c1-15-9-12-6-5-11(12)7-10-3-2-4-13(14)8-10/h2-4,8,11-12,15H,5-7,9H2,1H3. The first kappa shape index (κ1) is 11.0. The molecule has 0 saturated heterocycles. The van der Waals surface area contributed by atoms with Crippen molar-refractivity contribution in [3.8, 4) is 0 Å². The van der Waals surface area contributed by atoms with Crippen molar-refractivity contribution in [3.05, 3.63) is 34.9 Å². The molecule has 1 nitrogen and oxygen atoms in total. The van der Waals surface area contributed by atoms with Crippen molar-refractivity contribution >= 4 is 11.6 Å². The molecule has 2 heteroatoms. The van der Waals surface area contributed by atoms with Crippen LogP contribution >= 0.6 is 11.6 Å². The Morgan fingerprint density at radius 3 is 2.73 bits per heavy atom. The second-order valence-electron chi connectivity index (χ2n) is 4.49. The molecule has 1 saturated carbocycles. The molecule has 1 aliphatic rings. The number of hydrogen-bond acceptors (Lipinski definition) is 1. The Hall–Kier alpha value is -0.530. The third-order valence-corrected chi connectivity index (χ3v) is 3.66. The van der Waals surface area contributed by atoms with E-state index in [-0.39, 0.29) is 0 Å². The van der Waals surface area contributed by atoms with Gasteiger partial charge in [-0.1, -0.05) is 23.7 Å². The molecule has 0 radical (unpaired) electrons. The molecule has 15 heavy (non-hydrogen) atoms. The van der Waals surface area contributed by atoms with Crippen molar-refractivity contribution in [3.63, 3.8) is 0 Å². The summed E-state index contributed by atoms with van der Waals surface area (Å²) in [6, 6.07) is 8.26. The fourth-order valence-corrected chi connectivity index (χ4v) is 2.62. The second kappa shape index (κ2) is 5.00. The van der Waals surface area contributed by atoms with Crippen LogP contribution in [0.3, 0.4) is 0 Å². The molecule has 0 amide bonds. The van der Waals surface area contributed by atoms with E-state index in [4.69, 9.17) is 11.6 Å². The number of halogens is 1. The minimum atomic E-state index is 0.857. The van der Waals surface area contributed by atoms with Crippen LogP contribution in [0.25, 0.3) is 0 Å². The van der Waals surface area contributed by atoms with Crippen molar-refractivity contribution < 1.29 is 0 Å². The summed E-state index contributed by atoms with van der Waals surface area (Å²) >= 11 is 5.97. The van der Waals surface area contributed by atoms with Crippen LogP contribution in [-0.4, -0.2) is 13.6 Å². The zero-order valence-corrected chi connectivity index (χ0v) is 9.93. The monoisotopic (exact) mass is 223 g/mol. The molecule has 1 aromatic carbocycles. The molecule has 1 aliphatic carbocycles. The number of nitrogens with one attached hydrogen (secondary N) is 1. The normalized spacial score (nSPS) is 24.9. The molecule has 2 rings (SSSR count). The molecule has 2 unspecified atom stereocenters. The highest BCUT2D eigenvalue weighted by molar-refractivity contribution is 6.30. The maximum absolute atomic E-state index is 5.97. The van der Waals surface area contributed by atoms with E-state index in [1.54, 1.807) is 0 Å². The Balaban J connectivity index is 1.92. The zero-order valence-electron chi connectivity index (χ0n) is 9.17. The average Bonchev–Trinajstić information content (AvgIpc) is 2.21. The molecule has 0 aliphatic heterocycles. The van der Waals surface area contributed by atoms with Gasteiger partial charge in [-0.05, 0) is 62.4 Å². The highest BCUT2D eigenvalue weighted by atomic mass is 35.5. The third kappa shape index (κ3) is 2.73. The highest BCUT2D eigenvalue weighted by Crippen LogP contribution is 2.36. The summed E-state index contributed by atoms with van der Waals surface area (Å²) in [5.74, 6) is 1.73. The van der Waals surface area contributed by atoms with Gasteiger partial charge in [0.2, 0.25) is 0 Å². The fraction of sp³-hybridized carbons (Fsp3) is 0.538. The van der Waals surface area contributed by atoms with Gasteiger partial charge in [0.1, 0.15) is 0 Å². The Bertz CT molecular complexity index is 324. The SMILES string of the molecule is CNCC1CCC1Cc1cccc(Cl)c1. The Morgan fingerprint density at radius 1 is 1.33 bits per heavy atom. The lowest BCUT2D eigenvalue weighted by Crippen LogP contribution is -2.35. The van der Waals surface area contributed by atoms with E-state index >= 15 is 0 Å². The topological polar surface area (TPSA) is 12.0 Å². The van der Waals surface area contributed by atoms with Gasteiger partial charge in [0.15, 0.2) is 0 Å². The molecule has 0 heterocycles. The van der Waals surface area contributed by atoms with Crippen molar-refractivity contribution in [1.82, 2.24) is 5.32 Å². The average molecular weight is 224 g/mol. The molecule has 0 aromatic heterocycles. The molecular formula is C13H18ClN. The van der Waals surface area contributed by atoms with Crippen molar-refractivity contribution in [1.29, 1.82) is 0 Å². The van der Waals surface area contributed by atoms with Crippen molar-refractivity contribution in [2.24, 2.45) is 11.8 Å². The molecular weight excluding hydrogens is 206 g/mol. The molecule has 2 atom stereocenters. The van der Waals surface area contributed by atoms with E-state index < -0.39 is 0 Å². The first-order valence-corrected chi connectivity index (χ1v) is 6.06. The summed E-state index contributed by atoms with van der Waals surface area (Å²) in [5.41, 5.74) is 1.38. The molecule has 1 N–H and O–H groups in total. The van der Waals surface area contributed by atoms with Gasteiger partial charge in [-0.15, -0.1) is 0 Å². The molecule has 82 valence electrons. The van der Waals surface area contributed by atoms with Gasteiger partial charge >= 0.3 is 0 Å². The van der Waals surface area contributed by atoms with Gasteiger partial charge in [0, 0.05) is 5.02 Å². The van der Waals surface area contributed by atoms with Crippen molar-refractivity contribution in [2.45, 2.75) is 19.3 Å². The lowest BCUT2D eigenvalue weighted by atomic mass is 9.71. The van der Waals surface area contributed by atoms with Gasteiger partial charge < -0.3 is 5.32 Å². The maximum Gasteiger partial charge on any atom is 0.0408 e. The lowest BCUT2D eigenvalue weighted by molar-refractivity contribution is 0.174. The Labute approximate surface area is 96.8 Å². The van der Waals surface area contributed by atoms with Gasteiger partial charge in [0.05, 0.1) is 0 Å². The smallest absolute Gasteiger partial charge is 0.0408 e. The maximum atomic E-state index is 5.97. The van der Waals surface area contributed by atoms with Crippen LogP contribution in [0.4, 0.5) is 0 Å². The van der Waals surface area contributed by atoms with Crippen LogP contribution in [0.5, 0.6) is 0 Å². The van der Waals surface area contributed by atoms with E-state index in [1.165, 1.54) is 24.8 Å². The number of rotatable bonds is 4. The largest absolute Gasteiger partial charge is 0.319 e. The van der Waals surface area contributed by atoms with Crippen LogP contribution in [0.15, 0.2) is 24.3 Å². The fourth-order valence-electron chi connectivity index (χ4n) is 2.40. The van der Waals surface area contributed by atoms with E-state index in [1.807, 2.05) is 19.2 Å². The number of benzene rings is 1. The van der Waals surface area contributed by atoms with Crippen LogP contribution in [0.1, 0.15) is 18.4 Å². The minimum Gasteiger partial charge on any atom is -0.319 e. The third-order valence-electron chi connectivity index (χ3n) is 3.43. The van der Waals surface area contributed by atoms with E-state index in [9.17, 15) is 0 Å². The summed E-state index contributed by atoms with van der Waals surface area (Å²) < 4.78 is 0. The van der Waals surface area contributed by atoms with E-state index in [0.29, 0.717) is 0 Å². The highest BCUT2D eigenvalue weighted by Gasteiger charge is 2.29. The first-order chi connectivity index (χ1) is 7.29. The van der Waals surface area contributed by atoms with Crippen LogP contribution < -0.4 is 5.32 Å². The molecule has 1 fully saturated rings. The van der Waals surface area contributed by atoms with E-state index in [2.05, 4.69) is 17.4 Å². The summed E-state index contributed by atoms with van der Waals surface area (Å²) in [6.45, 7) is 1.16. The van der Waals surface area contributed by atoms with Crippen LogP contribution in [0.2, 0.25) is 5.02 Å². The quantitative estimate of drug-likeness (QED) is 0.827. The summed E-state index contributed by atoms with van der Waals surface area (Å²) in [5, 5.41) is 4.13. The molecule has 0 spiro atoms. The van der Waals surface area contributed by atoms with Gasteiger partial charge in [0.25, 0.3) is 0 Å².